The molecule has 3 heterocycles. The second-order valence-corrected chi connectivity index (χ2v) is 13.5. The summed E-state index contributed by atoms with van der Waals surface area (Å²) in [5, 5.41) is 1.18. The van der Waals surface area contributed by atoms with Gasteiger partial charge in [-0.3, -0.25) is 18.9 Å². The summed E-state index contributed by atoms with van der Waals surface area (Å²) in [7, 11) is -3.75. The van der Waals surface area contributed by atoms with Crippen molar-refractivity contribution in [2.75, 3.05) is 55.1 Å². The van der Waals surface area contributed by atoms with Gasteiger partial charge in [-0.2, -0.15) is 0 Å². The smallest absolute Gasteiger partial charge is 0.264 e. The summed E-state index contributed by atoms with van der Waals surface area (Å²) in [4.78, 5) is 22.9. The molecule has 2 aliphatic heterocycles. The number of thiazole rings is 1. The number of morpholine rings is 1. The lowest BCUT2D eigenvalue weighted by Crippen LogP contribution is -2.39. The van der Waals surface area contributed by atoms with E-state index in [9.17, 15) is 13.2 Å². The molecule has 8 nitrogen and oxygen atoms in total. The fourth-order valence-corrected chi connectivity index (χ4v) is 8.22. The fraction of sp³-hybridized carbons (Fsp3) is 0.333. The minimum absolute atomic E-state index is 0. The maximum Gasteiger partial charge on any atom is 0.264 e. The molecule has 1 aromatic heterocycles. The van der Waals surface area contributed by atoms with Gasteiger partial charge in [0.2, 0.25) is 0 Å². The molecule has 0 aliphatic carbocycles. The topological polar surface area (TPSA) is 83.0 Å². The van der Waals surface area contributed by atoms with Crippen molar-refractivity contribution in [1.29, 1.82) is 0 Å². The molecular weight excluding hydrogens is 615 g/mol. The van der Waals surface area contributed by atoms with Crippen molar-refractivity contribution in [2.45, 2.75) is 24.7 Å². The van der Waals surface area contributed by atoms with Crippen LogP contribution in [-0.2, 0) is 21.2 Å². The van der Waals surface area contributed by atoms with E-state index in [1.54, 1.807) is 17.0 Å². The molecule has 3 aromatic carbocycles. The van der Waals surface area contributed by atoms with Gasteiger partial charge in [-0.1, -0.05) is 47.2 Å². The van der Waals surface area contributed by atoms with Gasteiger partial charge in [0.15, 0.2) is 5.13 Å². The number of fused-ring (bicyclic) bond motifs is 2. The normalized spacial score (nSPS) is 15.4. The van der Waals surface area contributed by atoms with Crippen LogP contribution in [0, 0.1) is 6.92 Å². The molecule has 12 heteroatoms. The van der Waals surface area contributed by atoms with Crippen LogP contribution in [0.4, 0.5) is 10.8 Å². The van der Waals surface area contributed by atoms with E-state index in [4.69, 9.17) is 21.3 Å². The van der Waals surface area contributed by atoms with Crippen molar-refractivity contribution in [3.05, 3.63) is 82.4 Å². The maximum atomic E-state index is 13.9. The highest BCUT2D eigenvalue weighted by Gasteiger charge is 2.31. The van der Waals surface area contributed by atoms with Gasteiger partial charge >= 0.3 is 0 Å². The lowest BCUT2D eigenvalue weighted by atomic mass is 10.2. The van der Waals surface area contributed by atoms with Crippen LogP contribution in [-0.4, -0.2) is 70.1 Å². The van der Waals surface area contributed by atoms with Gasteiger partial charge in [0.1, 0.15) is 0 Å². The molecule has 1 amide bonds. The van der Waals surface area contributed by atoms with E-state index in [1.807, 2.05) is 43.3 Å². The zero-order chi connectivity index (χ0) is 28.6. The fourth-order valence-electron chi connectivity index (χ4n) is 5.38. The Bertz CT molecular complexity index is 1650. The number of hydrogen-bond acceptors (Lipinski definition) is 7. The van der Waals surface area contributed by atoms with Gasteiger partial charge in [0.05, 0.1) is 39.0 Å². The van der Waals surface area contributed by atoms with Gasteiger partial charge in [-0.15, -0.1) is 12.4 Å². The molecule has 0 spiro atoms. The molecule has 0 radical (unpaired) electrons. The number of anilines is 2. The molecule has 6 rings (SSSR count). The first-order chi connectivity index (χ1) is 19.8. The Balaban J connectivity index is 0.00000353. The van der Waals surface area contributed by atoms with E-state index in [0.29, 0.717) is 40.9 Å². The third-order valence-corrected chi connectivity index (χ3v) is 11.0. The monoisotopic (exact) mass is 646 g/mol. The number of carbonyl (C=O) groups is 1. The number of carbonyl (C=O) groups excluding carboxylic acids is 1. The van der Waals surface area contributed by atoms with E-state index in [-0.39, 0.29) is 23.2 Å². The molecule has 1 saturated heterocycles. The predicted molar refractivity (Wildman–Crippen MR) is 171 cm³/mol. The SMILES string of the molecule is Cc1ccc(Cl)c2sc(N(CCCN3CCOCC3)C(=O)c3ccc(S(=O)(=O)N4CCc5ccccc54)cc3)nc12.Cl. The number of nitrogens with zero attached hydrogens (tertiary/aromatic N) is 4. The number of para-hydroxylation sites is 1. The molecular formula is C30H32Cl2N4O4S2. The Labute approximate surface area is 261 Å². The van der Waals surface area contributed by atoms with Crippen molar-refractivity contribution in [1.82, 2.24) is 9.88 Å². The molecule has 1 fully saturated rings. The third-order valence-electron chi connectivity index (χ3n) is 7.66. The van der Waals surface area contributed by atoms with Crippen LogP contribution in [0.25, 0.3) is 10.2 Å². The highest BCUT2D eigenvalue weighted by Crippen LogP contribution is 2.37. The molecule has 222 valence electrons. The summed E-state index contributed by atoms with van der Waals surface area (Å²) in [6, 6.07) is 17.6. The summed E-state index contributed by atoms with van der Waals surface area (Å²) < 4.78 is 34.7. The Kier molecular flexibility index (Phi) is 9.41. The molecule has 0 N–H and O–H groups in total. The number of aryl methyl sites for hydroxylation is 1. The van der Waals surface area contributed by atoms with Gasteiger partial charge in [-0.05, 0) is 67.3 Å². The summed E-state index contributed by atoms with van der Waals surface area (Å²) in [6.07, 6.45) is 1.44. The van der Waals surface area contributed by atoms with Crippen LogP contribution in [0.2, 0.25) is 5.02 Å². The zero-order valence-corrected chi connectivity index (χ0v) is 26.4. The number of aromatic nitrogens is 1. The van der Waals surface area contributed by atoms with Crippen LogP contribution in [0.3, 0.4) is 0 Å². The first-order valence-corrected chi connectivity index (χ1v) is 16.3. The lowest BCUT2D eigenvalue weighted by molar-refractivity contribution is 0.0376. The van der Waals surface area contributed by atoms with Gasteiger partial charge in [0.25, 0.3) is 15.9 Å². The van der Waals surface area contributed by atoms with Crippen LogP contribution >= 0.6 is 35.3 Å². The first kappa shape index (κ1) is 30.7. The average Bonchev–Trinajstić information content (AvgIpc) is 3.64. The van der Waals surface area contributed by atoms with Crippen LogP contribution < -0.4 is 9.21 Å². The maximum absolute atomic E-state index is 13.9. The molecule has 0 unspecified atom stereocenters. The number of hydrogen-bond donors (Lipinski definition) is 0. The largest absolute Gasteiger partial charge is 0.379 e. The lowest BCUT2D eigenvalue weighted by Gasteiger charge is -2.27. The zero-order valence-electron chi connectivity index (χ0n) is 23.2. The first-order valence-electron chi connectivity index (χ1n) is 13.7. The van der Waals surface area contributed by atoms with Crippen LogP contribution in [0.1, 0.15) is 27.9 Å². The highest BCUT2D eigenvalue weighted by atomic mass is 35.5. The number of benzene rings is 3. The summed E-state index contributed by atoms with van der Waals surface area (Å²) in [6.45, 7) is 6.88. The van der Waals surface area contributed by atoms with E-state index in [1.165, 1.54) is 27.8 Å². The van der Waals surface area contributed by atoms with E-state index in [0.717, 1.165) is 60.6 Å². The number of halogens is 2. The molecule has 0 saturated carbocycles. The number of amides is 1. The van der Waals surface area contributed by atoms with Crippen LogP contribution in [0.5, 0.6) is 0 Å². The minimum atomic E-state index is -3.75. The molecule has 4 aromatic rings. The summed E-state index contributed by atoms with van der Waals surface area (Å²) in [5.41, 5.74) is 3.91. The predicted octanol–water partition coefficient (Wildman–Crippen LogP) is 5.80. The Hall–Kier alpha value is -2.73. The van der Waals surface area contributed by atoms with E-state index < -0.39 is 10.0 Å². The molecule has 2 aliphatic rings. The quantitative estimate of drug-likeness (QED) is 0.241. The molecule has 42 heavy (non-hydrogen) atoms. The van der Waals surface area contributed by atoms with Crippen molar-refractivity contribution in [3.63, 3.8) is 0 Å². The summed E-state index contributed by atoms with van der Waals surface area (Å²) in [5.74, 6) is -0.227. The van der Waals surface area contributed by atoms with E-state index >= 15 is 0 Å². The van der Waals surface area contributed by atoms with Gasteiger partial charge < -0.3 is 4.74 Å². The van der Waals surface area contributed by atoms with Crippen molar-refractivity contribution >= 4 is 72.3 Å². The van der Waals surface area contributed by atoms with Gasteiger partial charge in [-0.25, -0.2) is 13.4 Å². The average molecular weight is 648 g/mol. The third kappa shape index (κ3) is 6.02. The highest BCUT2D eigenvalue weighted by molar-refractivity contribution is 7.92. The summed E-state index contributed by atoms with van der Waals surface area (Å²) >= 11 is 7.88. The van der Waals surface area contributed by atoms with Crippen molar-refractivity contribution in [3.8, 4) is 0 Å². The van der Waals surface area contributed by atoms with Gasteiger partial charge in [0, 0.05) is 38.3 Å². The number of sulfonamides is 1. The number of rotatable bonds is 8. The molecule has 0 bridgehead atoms. The Morgan fingerprint density at radius 3 is 2.52 bits per heavy atom. The Morgan fingerprint density at radius 2 is 1.79 bits per heavy atom. The second-order valence-electron chi connectivity index (χ2n) is 10.3. The Morgan fingerprint density at radius 1 is 1.05 bits per heavy atom. The van der Waals surface area contributed by atoms with Crippen LogP contribution in [0.15, 0.2) is 65.6 Å². The standard InChI is InChI=1S/C30H31ClN4O4S2.ClH/c1-21-7-12-25(31)28-27(21)32-30(40-28)34(15-4-14-33-17-19-39-20-18-33)29(36)23-8-10-24(11-9-23)41(37,38)35-16-13-22-5-2-3-6-26(22)35;/h2-3,5-12H,4,13-20H2,1H3;1H. The van der Waals surface area contributed by atoms with Crippen molar-refractivity contribution < 1.29 is 17.9 Å². The molecule has 0 atom stereocenters. The second kappa shape index (κ2) is 12.9. The number of ether oxygens (including phenoxy) is 1. The minimum Gasteiger partial charge on any atom is -0.379 e. The van der Waals surface area contributed by atoms with Crippen molar-refractivity contribution in [2.24, 2.45) is 0 Å². The van der Waals surface area contributed by atoms with E-state index in [2.05, 4.69) is 4.90 Å².